The highest BCUT2D eigenvalue weighted by Gasteiger charge is 2.05. The first-order valence-corrected chi connectivity index (χ1v) is 7.35. The molecule has 0 bridgehead atoms. The van der Waals surface area contributed by atoms with Gasteiger partial charge < -0.3 is 4.98 Å². The third-order valence-corrected chi connectivity index (χ3v) is 3.55. The standard InChI is InChI=1S/C18H16FN3O/c19-15-5-3-4-13(10-15)11-21-22-18(23)9-8-14-12-20-17-7-2-1-6-16(14)17/h1-7,10-12,20H,8-9H2,(H,22,23)/b21-11+. The van der Waals surface area contributed by atoms with Crippen LogP contribution in [0.1, 0.15) is 17.5 Å². The largest absolute Gasteiger partial charge is 0.361 e. The highest BCUT2D eigenvalue weighted by atomic mass is 19.1. The molecule has 4 nitrogen and oxygen atoms in total. The molecule has 116 valence electrons. The fraction of sp³-hybridized carbons (Fsp3) is 0.111. The van der Waals surface area contributed by atoms with Gasteiger partial charge in [-0.05, 0) is 35.7 Å². The van der Waals surface area contributed by atoms with E-state index in [-0.39, 0.29) is 11.7 Å². The Hall–Kier alpha value is -2.95. The summed E-state index contributed by atoms with van der Waals surface area (Å²) in [5, 5.41) is 4.97. The molecule has 5 heteroatoms. The van der Waals surface area contributed by atoms with Crippen LogP contribution in [0.3, 0.4) is 0 Å². The summed E-state index contributed by atoms with van der Waals surface area (Å²) in [5.74, 6) is -0.512. The van der Waals surface area contributed by atoms with Gasteiger partial charge in [0.1, 0.15) is 5.82 Å². The molecular weight excluding hydrogens is 293 g/mol. The first kappa shape index (κ1) is 15.0. The van der Waals surface area contributed by atoms with Gasteiger partial charge in [0, 0.05) is 23.5 Å². The molecule has 0 aliphatic heterocycles. The normalized spacial score (nSPS) is 11.2. The summed E-state index contributed by atoms with van der Waals surface area (Å²) in [6.07, 6.45) is 4.31. The summed E-state index contributed by atoms with van der Waals surface area (Å²) in [6.45, 7) is 0. The third-order valence-electron chi connectivity index (χ3n) is 3.55. The summed E-state index contributed by atoms with van der Waals surface area (Å²) in [5.41, 5.74) is 5.22. The number of hydrogen-bond donors (Lipinski definition) is 2. The van der Waals surface area contributed by atoms with E-state index in [4.69, 9.17) is 0 Å². The van der Waals surface area contributed by atoms with E-state index in [1.165, 1.54) is 18.3 Å². The maximum atomic E-state index is 13.0. The fourth-order valence-electron chi connectivity index (χ4n) is 2.41. The molecule has 3 rings (SSSR count). The SMILES string of the molecule is O=C(CCc1c[nH]c2ccccc12)N/N=C/c1cccc(F)c1. The minimum atomic E-state index is -0.334. The second kappa shape index (κ2) is 6.87. The minimum Gasteiger partial charge on any atom is -0.361 e. The van der Waals surface area contributed by atoms with Crippen molar-refractivity contribution in [2.24, 2.45) is 5.10 Å². The van der Waals surface area contributed by atoms with Gasteiger partial charge in [0.2, 0.25) is 5.91 Å². The summed E-state index contributed by atoms with van der Waals surface area (Å²) < 4.78 is 13.0. The average Bonchev–Trinajstić information content (AvgIpc) is 2.96. The van der Waals surface area contributed by atoms with Crippen LogP contribution in [0.4, 0.5) is 4.39 Å². The Labute approximate surface area is 133 Å². The van der Waals surface area contributed by atoms with E-state index in [0.29, 0.717) is 18.4 Å². The van der Waals surface area contributed by atoms with Crippen molar-refractivity contribution in [3.05, 3.63) is 71.7 Å². The van der Waals surface area contributed by atoms with Crippen molar-refractivity contribution in [2.75, 3.05) is 0 Å². The van der Waals surface area contributed by atoms with E-state index in [1.807, 2.05) is 30.5 Å². The number of benzene rings is 2. The zero-order valence-corrected chi connectivity index (χ0v) is 12.4. The van der Waals surface area contributed by atoms with Crippen LogP contribution >= 0.6 is 0 Å². The van der Waals surface area contributed by atoms with Crippen molar-refractivity contribution in [1.29, 1.82) is 0 Å². The molecular formula is C18H16FN3O. The number of amides is 1. The quantitative estimate of drug-likeness (QED) is 0.551. The van der Waals surface area contributed by atoms with Gasteiger partial charge in [0.15, 0.2) is 0 Å². The van der Waals surface area contributed by atoms with Gasteiger partial charge in [0.25, 0.3) is 0 Å². The number of fused-ring (bicyclic) bond motifs is 1. The van der Waals surface area contributed by atoms with Crippen molar-refractivity contribution in [1.82, 2.24) is 10.4 Å². The Bertz CT molecular complexity index is 854. The zero-order chi connectivity index (χ0) is 16.1. The highest BCUT2D eigenvalue weighted by molar-refractivity contribution is 5.85. The van der Waals surface area contributed by atoms with Crippen LogP contribution in [-0.2, 0) is 11.2 Å². The molecule has 3 aromatic rings. The number of hydrazone groups is 1. The van der Waals surface area contributed by atoms with Gasteiger partial charge in [-0.1, -0.05) is 30.3 Å². The number of aryl methyl sites for hydroxylation is 1. The monoisotopic (exact) mass is 309 g/mol. The van der Waals surface area contributed by atoms with Crippen LogP contribution in [0, 0.1) is 5.82 Å². The number of aromatic amines is 1. The Morgan fingerprint density at radius 2 is 2.09 bits per heavy atom. The summed E-state index contributed by atoms with van der Waals surface area (Å²) in [6, 6.07) is 14.0. The molecule has 23 heavy (non-hydrogen) atoms. The Balaban J connectivity index is 1.54. The van der Waals surface area contributed by atoms with Crippen molar-refractivity contribution >= 4 is 23.0 Å². The summed E-state index contributed by atoms with van der Waals surface area (Å²) in [7, 11) is 0. The minimum absolute atomic E-state index is 0.178. The van der Waals surface area contributed by atoms with Crippen LogP contribution in [0.2, 0.25) is 0 Å². The number of carbonyl (C=O) groups excluding carboxylic acids is 1. The van der Waals surface area contributed by atoms with Crippen LogP contribution in [0.5, 0.6) is 0 Å². The second-order valence-electron chi connectivity index (χ2n) is 5.21. The molecule has 1 aromatic heterocycles. The molecule has 0 saturated carbocycles. The number of aromatic nitrogens is 1. The topological polar surface area (TPSA) is 57.2 Å². The summed E-state index contributed by atoms with van der Waals surface area (Å²) >= 11 is 0. The number of rotatable bonds is 5. The molecule has 1 amide bonds. The van der Waals surface area contributed by atoms with Gasteiger partial charge in [0.05, 0.1) is 6.21 Å². The number of halogens is 1. The number of H-pyrrole nitrogens is 1. The molecule has 2 aromatic carbocycles. The lowest BCUT2D eigenvalue weighted by molar-refractivity contribution is -0.121. The van der Waals surface area contributed by atoms with Crippen LogP contribution < -0.4 is 5.43 Å². The van der Waals surface area contributed by atoms with E-state index in [0.717, 1.165) is 16.5 Å². The van der Waals surface area contributed by atoms with E-state index in [2.05, 4.69) is 15.5 Å². The van der Waals surface area contributed by atoms with Gasteiger partial charge >= 0.3 is 0 Å². The van der Waals surface area contributed by atoms with E-state index in [1.54, 1.807) is 12.1 Å². The van der Waals surface area contributed by atoms with Crippen LogP contribution in [0.15, 0.2) is 59.8 Å². The first-order chi connectivity index (χ1) is 11.2. The van der Waals surface area contributed by atoms with Gasteiger partial charge in [-0.3, -0.25) is 4.79 Å². The molecule has 0 aliphatic carbocycles. The number of nitrogens with zero attached hydrogens (tertiary/aromatic N) is 1. The number of hydrogen-bond acceptors (Lipinski definition) is 2. The molecule has 0 aliphatic rings. The Morgan fingerprint density at radius 3 is 2.96 bits per heavy atom. The fourth-order valence-corrected chi connectivity index (χ4v) is 2.41. The molecule has 0 atom stereocenters. The Kier molecular flexibility index (Phi) is 4.47. The molecule has 2 N–H and O–H groups in total. The first-order valence-electron chi connectivity index (χ1n) is 7.35. The maximum absolute atomic E-state index is 13.0. The van der Waals surface area contributed by atoms with E-state index < -0.39 is 0 Å². The van der Waals surface area contributed by atoms with Crippen LogP contribution in [0.25, 0.3) is 10.9 Å². The van der Waals surface area contributed by atoms with Gasteiger partial charge in [-0.15, -0.1) is 0 Å². The molecule has 0 spiro atoms. The van der Waals surface area contributed by atoms with E-state index >= 15 is 0 Å². The van der Waals surface area contributed by atoms with Crippen molar-refractivity contribution in [3.63, 3.8) is 0 Å². The zero-order valence-electron chi connectivity index (χ0n) is 12.4. The second-order valence-corrected chi connectivity index (χ2v) is 5.21. The predicted octanol–water partition coefficient (Wildman–Crippen LogP) is 3.39. The van der Waals surface area contributed by atoms with Crippen molar-refractivity contribution in [2.45, 2.75) is 12.8 Å². The predicted molar refractivity (Wildman–Crippen MR) is 88.8 cm³/mol. The lowest BCUT2D eigenvalue weighted by atomic mass is 10.1. The number of carbonyl (C=O) groups is 1. The van der Waals surface area contributed by atoms with Crippen molar-refractivity contribution < 1.29 is 9.18 Å². The number of nitrogens with one attached hydrogen (secondary N) is 2. The molecule has 0 fully saturated rings. The maximum Gasteiger partial charge on any atom is 0.240 e. The third kappa shape index (κ3) is 3.83. The smallest absolute Gasteiger partial charge is 0.240 e. The summed E-state index contributed by atoms with van der Waals surface area (Å²) in [4.78, 5) is 15.0. The molecule has 1 heterocycles. The Morgan fingerprint density at radius 1 is 1.22 bits per heavy atom. The average molecular weight is 309 g/mol. The van der Waals surface area contributed by atoms with Crippen LogP contribution in [-0.4, -0.2) is 17.1 Å². The van der Waals surface area contributed by atoms with E-state index in [9.17, 15) is 9.18 Å². The van der Waals surface area contributed by atoms with Crippen molar-refractivity contribution in [3.8, 4) is 0 Å². The highest BCUT2D eigenvalue weighted by Crippen LogP contribution is 2.18. The lowest BCUT2D eigenvalue weighted by Gasteiger charge is -2.00. The lowest BCUT2D eigenvalue weighted by Crippen LogP contribution is -2.17. The molecule has 0 radical (unpaired) electrons. The van der Waals surface area contributed by atoms with Gasteiger partial charge in [-0.25, -0.2) is 9.82 Å². The van der Waals surface area contributed by atoms with Gasteiger partial charge in [-0.2, -0.15) is 5.10 Å². The molecule has 0 unspecified atom stereocenters. The molecule has 0 saturated heterocycles. The number of para-hydroxylation sites is 1.